The van der Waals surface area contributed by atoms with Crippen molar-refractivity contribution in [1.82, 2.24) is 5.32 Å². The Morgan fingerprint density at radius 3 is 2.45 bits per heavy atom. The van der Waals surface area contributed by atoms with Crippen LogP contribution in [-0.4, -0.2) is 23.0 Å². The monoisotopic (exact) mass is 281 g/mol. The largest absolute Gasteiger partial charge is 0.409 e. The van der Waals surface area contributed by atoms with Crippen LogP contribution in [0.3, 0.4) is 0 Å². The highest BCUT2D eigenvalue weighted by Crippen LogP contribution is 2.42. The Labute approximate surface area is 121 Å². The van der Waals surface area contributed by atoms with Gasteiger partial charge in [0.2, 0.25) is 5.91 Å². The van der Waals surface area contributed by atoms with Gasteiger partial charge in [-0.05, 0) is 37.5 Å². The van der Waals surface area contributed by atoms with Gasteiger partial charge in [-0.2, -0.15) is 0 Å². The van der Waals surface area contributed by atoms with Crippen molar-refractivity contribution in [2.45, 2.75) is 64.8 Å². The van der Waals surface area contributed by atoms with Crippen LogP contribution >= 0.6 is 0 Å². The van der Waals surface area contributed by atoms with E-state index in [4.69, 9.17) is 10.9 Å². The lowest BCUT2D eigenvalue weighted by atomic mass is 9.66. The van der Waals surface area contributed by atoms with Gasteiger partial charge in [0.15, 0.2) is 5.84 Å². The van der Waals surface area contributed by atoms with Gasteiger partial charge in [0.25, 0.3) is 0 Å². The SMILES string of the molecule is CC(C)C1CCCCC1NC(=O)C1(C(N)=NO)CCC1. The number of nitrogens with two attached hydrogens (primary N) is 1. The summed E-state index contributed by atoms with van der Waals surface area (Å²) in [6, 6.07) is 0.236. The maximum absolute atomic E-state index is 12.6. The van der Waals surface area contributed by atoms with Crippen molar-refractivity contribution in [2.24, 2.45) is 28.1 Å². The molecule has 4 N–H and O–H groups in total. The zero-order valence-electron chi connectivity index (χ0n) is 12.6. The number of amidine groups is 1. The molecule has 0 radical (unpaired) electrons. The van der Waals surface area contributed by atoms with E-state index in [1.807, 2.05) is 0 Å². The summed E-state index contributed by atoms with van der Waals surface area (Å²) in [6.07, 6.45) is 6.98. The molecule has 2 aliphatic carbocycles. The molecular formula is C15H27N3O2. The number of rotatable bonds is 4. The molecule has 5 heteroatoms. The van der Waals surface area contributed by atoms with E-state index in [1.54, 1.807) is 0 Å². The Bertz CT molecular complexity index is 389. The first kappa shape index (κ1) is 15.1. The molecule has 2 atom stereocenters. The number of hydrogen-bond acceptors (Lipinski definition) is 3. The zero-order valence-corrected chi connectivity index (χ0v) is 12.6. The Morgan fingerprint density at radius 2 is 1.95 bits per heavy atom. The summed E-state index contributed by atoms with van der Waals surface area (Å²) < 4.78 is 0. The van der Waals surface area contributed by atoms with Crippen molar-refractivity contribution in [3.05, 3.63) is 0 Å². The van der Waals surface area contributed by atoms with Crippen LogP contribution < -0.4 is 11.1 Å². The van der Waals surface area contributed by atoms with Crippen molar-refractivity contribution in [3.63, 3.8) is 0 Å². The minimum absolute atomic E-state index is 0.0448. The summed E-state index contributed by atoms with van der Waals surface area (Å²) in [5, 5.41) is 15.2. The number of hydrogen-bond donors (Lipinski definition) is 3. The normalized spacial score (nSPS) is 29.9. The molecule has 2 fully saturated rings. The van der Waals surface area contributed by atoms with Gasteiger partial charge >= 0.3 is 0 Å². The van der Waals surface area contributed by atoms with E-state index in [2.05, 4.69) is 24.3 Å². The second-order valence-electron chi connectivity index (χ2n) is 6.69. The molecule has 2 rings (SSSR count). The first-order chi connectivity index (χ1) is 9.51. The van der Waals surface area contributed by atoms with Crippen molar-refractivity contribution >= 4 is 11.7 Å². The minimum atomic E-state index is -0.756. The molecule has 114 valence electrons. The lowest BCUT2D eigenvalue weighted by molar-refractivity contribution is -0.132. The van der Waals surface area contributed by atoms with E-state index in [1.165, 1.54) is 19.3 Å². The Kier molecular flexibility index (Phi) is 4.55. The number of oxime groups is 1. The van der Waals surface area contributed by atoms with E-state index >= 15 is 0 Å². The quantitative estimate of drug-likeness (QED) is 0.319. The molecule has 0 spiro atoms. The van der Waals surface area contributed by atoms with E-state index in [0.29, 0.717) is 24.7 Å². The molecular weight excluding hydrogens is 254 g/mol. The maximum Gasteiger partial charge on any atom is 0.234 e. The number of amides is 1. The summed E-state index contributed by atoms with van der Waals surface area (Å²) in [5.74, 6) is 1.13. The van der Waals surface area contributed by atoms with Gasteiger partial charge in [0.05, 0.1) is 0 Å². The van der Waals surface area contributed by atoms with Crippen LogP contribution in [0.25, 0.3) is 0 Å². The standard InChI is InChI=1S/C15H27N3O2/c1-10(2)11-6-3-4-7-12(11)17-14(19)15(8-5-9-15)13(16)18-20/h10-12,20H,3-9H2,1-2H3,(H2,16,18)(H,17,19). The molecule has 0 saturated heterocycles. The third kappa shape index (κ3) is 2.63. The lowest BCUT2D eigenvalue weighted by Crippen LogP contribution is -2.57. The van der Waals surface area contributed by atoms with Crippen molar-refractivity contribution in [3.8, 4) is 0 Å². The van der Waals surface area contributed by atoms with E-state index in [9.17, 15) is 4.79 Å². The highest BCUT2D eigenvalue weighted by atomic mass is 16.4. The van der Waals surface area contributed by atoms with E-state index in [-0.39, 0.29) is 17.8 Å². The molecule has 2 aliphatic rings. The third-order valence-corrected chi connectivity index (χ3v) is 5.23. The van der Waals surface area contributed by atoms with E-state index in [0.717, 1.165) is 12.8 Å². The predicted molar refractivity (Wildman–Crippen MR) is 78.4 cm³/mol. The van der Waals surface area contributed by atoms with Crippen LogP contribution in [0, 0.1) is 17.3 Å². The topological polar surface area (TPSA) is 87.7 Å². The molecule has 0 aliphatic heterocycles. The van der Waals surface area contributed by atoms with Gasteiger partial charge in [-0.3, -0.25) is 4.79 Å². The van der Waals surface area contributed by atoms with Gasteiger partial charge in [-0.25, -0.2) is 0 Å². The fraction of sp³-hybridized carbons (Fsp3) is 0.867. The van der Waals surface area contributed by atoms with Gasteiger partial charge < -0.3 is 16.3 Å². The van der Waals surface area contributed by atoms with Gasteiger partial charge in [-0.1, -0.05) is 38.3 Å². The zero-order chi connectivity index (χ0) is 14.8. The highest BCUT2D eigenvalue weighted by molar-refractivity contribution is 6.07. The predicted octanol–water partition coefficient (Wildman–Crippen LogP) is 2.23. The average molecular weight is 281 g/mol. The van der Waals surface area contributed by atoms with Crippen LogP contribution in [0.1, 0.15) is 58.8 Å². The summed E-state index contributed by atoms with van der Waals surface area (Å²) in [5.41, 5.74) is 5.00. The molecule has 2 unspecified atom stereocenters. The number of carbonyl (C=O) groups is 1. The average Bonchev–Trinajstić information content (AvgIpc) is 2.37. The van der Waals surface area contributed by atoms with Crippen molar-refractivity contribution in [1.29, 1.82) is 0 Å². The fourth-order valence-electron chi connectivity index (χ4n) is 3.67. The molecule has 0 aromatic heterocycles. The number of nitrogens with zero attached hydrogens (tertiary/aromatic N) is 1. The molecule has 0 bridgehead atoms. The fourth-order valence-corrected chi connectivity index (χ4v) is 3.67. The highest BCUT2D eigenvalue weighted by Gasteiger charge is 2.49. The van der Waals surface area contributed by atoms with Crippen molar-refractivity contribution < 1.29 is 10.0 Å². The third-order valence-electron chi connectivity index (χ3n) is 5.23. The summed E-state index contributed by atoms with van der Waals surface area (Å²) >= 11 is 0. The van der Waals surface area contributed by atoms with E-state index < -0.39 is 5.41 Å². The number of carbonyl (C=O) groups excluding carboxylic acids is 1. The van der Waals surface area contributed by atoms with Crippen LogP contribution in [0.5, 0.6) is 0 Å². The molecule has 5 nitrogen and oxygen atoms in total. The Morgan fingerprint density at radius 1 is 1.30 bits per heavy atom. The first-order valence-corrected chi connectivity index (χ1v) is 7.80. The second-order valence-corrected chi connectivity index (χ2v) is 6.69. The maximum atomic E-state index is 12.6. The summed E-state index contributed by atoms with van der Waals surface area (Å²) in [4.78, 5) is 12.6. The molecule has 1 amide bonds. The molecule has 20 heavy (non-hydrogen) atoms. The Hall–Kier alpha value is -1.26. The summed E-state index contributed by atoms with van der Waals surface area (Å²) in [6.45, 7) is 4.44. The lowest BCUT2D eigenvalue weighted by Gasteiger charge is -2.42. The first-order valence-electron chi connectivity index (χ1n) is 7.80. The van der Waals surface area contributed by atoms with Gasteiger partial charge in [0, 0.05) is 6.04 Å². The smallest absolute Gasteiger partial charge is 0.234 e. The second kappa shape index (κ2) is 6.02. The van der Waals surface area contributed by atoms with Crippen LogP contribution in [-0.2, 0) is 4.79 Å². The Balaban J connectivity index is 2.06. The van der Waals surface area contributed by atoms with Crippen LogP contribution in [0.2, 0.25) is 0 Å². The number of nitrogens with one attached hydrogen (secondary N) is 1. The van der Waals surface area contributed by atoms with Crippen molar-refractivity contribution in [2.75, 3.05) is 0 Å². The molecule has 0 heterocycles. The molecule has 0 aromatic carbocycles. The molecule has 2 saturated carbocycles. The molecule has 0 aromatic rings. The van der Waals surface area contributed by atoms with Gasteiger partial charge in [0.1, 0.15) is 5.41 Å². The van der Waals surface area contributed by atoms with Crippen LogP contribution in [0.15, 0.2) is 5.16 Å². The summed E-state index contributed by atoms with van der Waals surface area (Å²) in [7, 11) is 0. The minimum Gasteiger partial charge on any atom is -0.409 e. The van der Waals surface area contributed by atoms with Gasteiger partial charge in [-0.15, -0.1) is 0 Å². The van der Waals surface area contributed by atoms with Crippen LogP contribution in [0.4, 0.5) is 0 Å².